The molecule has 0 atom stereocenters. The maximum Gasteiger partial charge on any atom is 0.335 e. The van der Waals surface area contributed by atoms with E-state index in [2.05, 4.69) is 0 Å². The second-order valence-electron chi connectivity index (χ2n) is 17.3. The summed E-state index contributed by atoms with van der Waals surface area (Å²) < 4.78 is 0. The van der Waals surface area contributed by atoms with Crippen LogP contribution in [0.15, 0.2) is 152 Å². The minimum Gasteiger partial charge on any atom is -0.481 e. The summed E-state index contributed by atoms with van der Waals surface area (Å²) >= 11 is 0. The molecule has 0 aromatic heterocycles. The Morgan fingerprint density at radius 3 is 0.883 bits per heavy atom. The Labute approximate surface area is 437 Å². The van der Waals surface area contributed by atoms with Gasteiger partial charge < -0.3 is 51.1 Å². The lowest BCUT2D eigenvalue weighted by molar-refractivity contribution is -0.137. The summed E-state index contributed by atoms with van der Waals surface area (Å²) in [5.74, 6) is -10.0. The average molecular weight is 1060 g/mol. The minimum atomic E-state index is -1.12. The van der Waals surface area contributed by atoms with Gasteiger partial charge in [0.25, 0.3) is 0 Å². The van der Waals surface area contributed by atoms with Gasteiger partial charge in [0.05, 0.1) is 58.2 Å². The zero-order valence-electron chi connectivity index (χ0n) is 41.1. The first-order chi connectivity index (χ1) is 36.0. The Bertz CT molecular complexity index is 3160. The van der Waals surface area contributed by atoms with Crippen LogP contribution in [-0.4, -0.2) is 111 Å². The van der Waals surface area contributed by atoms with Crippen LogP contribution in [0.2, 0.25) is 0 Å². The van der Waals surface area contributed by atoms with E-state index in [-0.39, 0.29) is 63.6 Å². The number of carboxylic acids is 10. The molecule has 7 aromatic carbocycles. The number of aliphatic carboxylic acids is 3. The molecular formula is C57H50O20. The quantitative estimate of drug-likeness (QED) is 0.0484. The van der Waals surface area contributed by atoms with E-state index in [0.717, 1.165) is 11.1 Å². The summed E-state index contributed by atoms with van der Waals surface area (Å²) in [7, 11) is 0. The fraction of sp³-hybridized carbons (Fsp3) is 0.123. The van der Waals surface area contributed by atoms with Gasteiger partial charge in [0.15, 0.2) is 0 Å². The molecule has 0 heterocycles. The predicted molar refractivity (Wildman–Crippen MR) is 277 cm³/mol. The van der Waals surface area contributed by atoms with Crippen LogP contribution in [0, 0.1) is 0 Å². The van der Waals surface area contributed by atoms with Crippen molar-refractivity contribution in [3.8, 4) is 11.1 Å². The Balaban J connectivity index is 0.000000254. The molecule has 0 saturated heterocycles. The summed E-state index contributed by atoms with van der Waals surface area (Å²) in [6.07, 6.45) is -0.304. The topological polar surface area (TPSA) is 373 Å². The van der Waals surface area contributed by atoms with Gasteiger partial charge in [-0.05, 0) is 128 Å². The lowest BCUT2D eigenvalue weighted by Crippen LogP contribution is -2.14. The molecule has 0 aliphatic heterocycles. The number of fused-ring (bicyclic) bond motifs is 1. The molecule has 10 N–H and O–H groups in total. The number of aromatic carboxylic acids is 7. The van der Waals surface area contributed by atoms with Crippen LogP contribution in [0.5, 0.6) is 0 Å². The van der Waals surface area contributed by atoms with Crippen LogP contribution >= 0.6 is 0 Å². The highest BCUT2D eigenvalue weighted by Gasteiger charge is 2.19. The maximum absolute atomic E-state index is 10.9. The molecule has 0 bridgehead atoms. The van der Waals surface area contributed by atoms with E-state index in [1.54, 1.807) is 66.7 Å². The van der Waals surface area contributed by atoms with Crippen molar-refractivity contribution in [3.05, 3.63) is 213 Å². The highest BCUT2D eigenvalue weighted by molar-refractivity contribution is 5.98. The number of hydrogen-bond donors (Lipinski definition) is 10. The molecule has 0 aliphatic carbocycles. The molecule has 0 spiro atoms. The van der Waals surface area contributed by atoms with E-state index < -0.39 is 59.7 Å². The van der Waals surface area contributed by atoms with Crippen molar-refractivity contribution in [2.75, 3.05) is 0 Å². The van der Waals surface area contributed by atoms with Crippen LogP contribution in [0.3, 0.4) is 0 Å². The lowest BCUT2D eigenvalue weighted by Gasteiger charge is -2.20. The van der Waals surface area contributed by atoms with E-state index in [1.807, 2.05) is 20.8 Å². The number of rotatable bonds is 14. The molecule has 0 fully saturated rings. The van der Waals surface area contributed by atoms with Crippen LogP contribution in [-0.2, 0) is 39.1 Å². The monoisotopic (exact) mass is 1050 g/mol. The summed E-state index contributed by atoms with van der Waals surface area (Å²) in [6.45, 7) is 5.71. The second-order valence-corrected chi connectivity index (χ2v) is 17.3. The van der Waals surface area contributed by atoms with Gasteiger partial charge in [-0.15, -0.1) is 0 Å². The minimum absolute atomic E-state index is 0.00447. The average Bonchev–Trinajstić information content (AvgIpc) is 3.36. The van der Waals surface area contributed by atoms with Gasteiger partial charge in [-0.25, -0.2) is 33.6 Å². The van der Waals surface area contributed by atoms with E-state index in [0.29, 0.717) is 33.0 Å². The van der Waals surface area contributed by atoms with Crippen LogP contribution in [0.25, 0.3) is 21.9 Å². The molecule has 7 aromatic rings. The molecular weight excluding hydrogens is 1000 g/mol. The normalized spacial score (nSPS) is 10.2. The highest BCUT2D eigenvalue weighted by atomic mass is 16.4. The van der Waals surface area contributed by atoms with Crippen LogP contribution in [0.4, 0.5) is 0 Å². The van der Waals surface area contributed by atoms with Crippen molar-refractivity contribution in [3.63, 3.8) is 0 Å². The molecule has 0 saturated carbocycles. The largest absolute Gasteiger partial charge is 0.481 e. The van der Waals surface area contributed by atoms with Crippen LogP contribution in [0.1, 0.15) is 116 Å². The molecule has 0 unspecified atom stereocenters. The molecule has 0 amide bonds. The smallest absolute Gasteiger partial charge is 0.335 e. The molecule has 77 heavy (non-hydrogen) atoms. The molecule has 398 valence electrons. The Morgan fingerprint density at radius 2 is 0.584 bits per heavy atom. The van der Waals surface area contributed by atoms with Crippen molar-refractivity contribution in [2.45, 2.75) is 45.4 Å². The molecule has 20 nitrogen and oxygen atoms in total. The summed E-state index contributed by atoms with van der Waals surface area (Å²) in [4.78, 5) is 106. The number of benzene rings is 7. The first kappa shape index (κ1) is 60.8. The molecule has 0 aliphatic rings. The fourth-order valence-corrected chi connectivity index (χ4v) is 6.62. The second kappa shape index (κ2) is 28.1. The lowest BCUT2D eigenvalue weighted by atomic mass is 9.85. The van der Waals surface area contributed by atoms with Gasteiger partial charge in [0, 0.05) is 0 Å². The van der Waals surface area contributed by atoms with E-state index in [9.17, 15) is 47.9 Å². The third kappa shape index (κ3) is 20.5. The van der Waals surface area contributed by atoms with Gasteiger partial charge in [-0.2, -0.15) is 0 Å². The summed E-state index contributed by atoms with van der Waals surface area (Å²) in [5.41, 5.74) is 4.79. The Kier molecular flexibility index (Phi) is 22.2. The van der Waals surface area contributed by atoms with Crippen molar-refractivity contribution in [2.24, 2.45) is 0 Å². The Morgan fingerprint density at radius 1 is 0.299 bits per heavy atom. The third-order valence-corrected chi connectivity index (χ3v) is 10.5. The maximum atomic E-state index is 10.9. The zero-order chi connectivity index (χ0) is 57.7. The van der Waals surface area contributed by atoms with Gasteiger partial charge in [0.2, 0.25) is 0 Å². The summed E-state index contributed by atoms with van der Waals surface area (Å²) in [5, 5.41) is 88.4. The van der Waals surface area contributed by atoms with E-state index >= 15 is 0 Å². The van der Waals surface area contributed by atoms with Crippen molar-refractivity contribution in [1.29, 1.82) is 0 Å². The fourth-order valence-electron chi connectivity index (χ4n) is 6.62. The van der Waals surface area contributed by atoms with Gasteiger partial charge in [-0.1, -0.05) is 93.6 Å². The van der Waals surface area contributed by atoms with Crippen molar-refractivity contribution >= 4 is 70.5 Å². The van der Waals surface area contributed by atoms with Gasteiger partial charge in [0.1, 0.15) is 0 Å². The zero-order valence-corrected chi connectivity index (χ0v) is 41.1. The molecule has 20 heteroatoms. The van der Waals surface area contributed by atoms with Crippen LogP contribution < -0.4 is 0 Å². The summed E-state index contributed by atoms with van der Waals surface area (Å²) in [6, 6.07) is 38.7. The number of carboxylic acid groups (broad SMARTS) is 10. The highest BCUT2D eigenvalue weighted by Crippen LogP contribution is 2.25. The van der Waals surface area contributed by atoms with Crippen molar-refractivity contribution in [1.82, 2.24) is 0 Å². The standard InChI is InChI=1S/C14H10O4.C12H8O4.C12H14O4.C10H10O4.C9H8O4/c15-13(16)11-5-1-9(2-6-11)10-3-7-12(8-4-10)14(17)18;13-11(14)9-3-1-7-5-10(12(15)16)4-2-8(7)6-9;1-12(2,3)9-5-7(10(13)14)4-8(6-9)11(15)16;11-9(12)5-7-2-1-3-8(4-7)6-10(13)14;10-8(11)5-6-2-1-3-7(4-6)9(12)13/h1-8H,(H,15,16)(H,17,18);1-6H,(H,13,14)(H,15,16);4-6H,1-3H3,(H,13,14)(H,15,16);1-4H,5-6H2,(H,11,12)(H,13,14);1-4H,5H2,(H,10,11)(H,12,13). The van der Waals surface area contributed by atoms with E-state index in [1.165, 1.54) is 84.9 Å². The molecule has 0 radical (unpaired) electrons. The first-order valence-corrected chi connectivity index (χ1v) is 22.4. The first-order valence-electron chi connectivity index (χ1n) is 22.4. The number of hydrogen-bond acceptors (Lipinski definition) is 10. The SMILES string of the molecule is CC(C)(C)c1cc(C(=O)O)cc(C(=O)O)c1.O=C(O)Cc1cccc(C(=O)O)c1.O=C(O)Cc1cccc(CC(=O)O)c1.O=C(O)c1ccc(-c2ccc(C(=O)O)cc2)cc1.O=C(O)c1ccc2cc(C(=O)O)ccc2c1. The van der Waals surface area contributed by atoms with E-state index in [4.69, 9.17) is 51.1 Å². The third-order valence-electron chi connectivity index (χ3n) is 10.5. The predicted octanol–water partition coefficient (Wildman–Crippen LogP) is 9.32. The van der Waals surface area contributed by atoms with Crippen molar-refractivity contribution < 1.29 is 99.0 Å². The van der Waals surface area contributed by atoms with Gasteiger partial charge >= 0.3 is 59.7 Å². The molecule has 7 rings (SSSR count). The Hall–Kier alpha value is -10.5. The number of carbonyl (C=O) groups is 10. The van der Waals surface area contributed by atoms with Gasteiger partial charge in [-0.3, -0.25) is 14.4 Å².